The van der Waals surface area contributed by atoms with Crippen molar-refractivity contribution >= 4 is 0 Å². The van der Waals surface area contributed by atoms with E-state index in [-0.39, 0.29) is 0 Å². The van der Waals surface area contributed by atoms with E-state index < -0.39 is 0 Å². The summed E-state index contributed by atoms with van der Waals surface area (Å²) in [5.74, 6) is 0.669. The van der Waals surface area contributed by atoms with Crippen molar-refractivity contribution in [2.75, 3.05) is 19.8 Å². The Morgan fingerprint density at radius 1 is 1.69 bits per heavy atom. The van der Waals surface area contributed by atoms with E-state index in [1.807, 2.05) is 0 Å². The van der Waals surface area contributed by atoms with Gasteiger partial charge in [0.05, 0.1) is 12.7 Å². The zero-order valence-electron chi connectivity index (χ0n) is 8.25. The van der Waals surface area contributed by atoms with Gasteiger partial charge < -0.3 is 10.1 Å². The molecule has 0 aliphatic carbocycles. The first-order chi connectivity index (χ1) is 6.34. The molecule has 0 amide bonds. The fourth-order valence-electron chi connectivity index (χ4n) is 1.61. The highest BCUT2D eigenvalue weighted by Gasteiger charge is 2.21. The summed E-state index contributed by atoms with van der Waals surface area (Å²) in [6.07, 6.45) is 2.78. The van der Waals surface area contributed by atoms with Gasteiger partial charge in [0, 0.05) is 19.1 Å². The van der Waals surface area contributed by atoms with Gasteiger partial charge >= 0.3 is 0 Å². The Kier molecular flexibility index (Phi) is 4.81. The van der Waals surface area contributed by atoms with Crippen LogP contribution in [-0.2, 0) is 4.74 Å². The van der Waals surface area contributed by atoms with Gasteiger partial charge in [-0.3, -0.25) is 0 Å². The van der Waals surface area contributed by atoms with Crippen LogP contribution in [0.1, 0.15) is 26.2 Å². The topological polar surface area (TPSA) is 45.0 Å². The number of nitrogens with zero attached hydrogens (tertiary/aromatic N) is 1. The minimum atomic E-state index is 0.529. The highest BCUT2D eigenvalue weighted by molar-refractivity contribution is 4.76. The first-order valence-corrected chi connectivity index (χ1v) is 5.02. The van der Waals surface area contributed by atoms with Crippen molar-refractivity contribution in [2.24, 2.45) is 5.92 Å². The van der Waals surface area contributed by atoms with Crippen molar-refractivity contribution in [2.45, 2.75) is 32.2 Å². The molecule has 2 atom stereocenters. The van der Waals surface area contributed by atoms with Gasteiger partial charge in [-0.25, -0.2) is 0 Å². The second kappa shape index (κ2) is 5.95. The van der Waals surface area contributed by atoms with E-state index in [1.165, 1.54) is 6.42 Å². The van der Waals surface area contributed by atoms with Crippen LogP contribution in [-0.4, -0.2) is 25.8 Å². The Bertz CT molecular complexity index is 170. The first kappa shape index (κ1) is 10.5. The average molecular weight is 182 g/mol. The van der Waals surface area contributed by atoms with Crippen molar-refractivity contribution in [1.82, 2.24) is 5.32 Å². The Morgan fingerprint density at radius 3 is 3.15 bits per heavy atom. The molecule has 1 saturated heterocycles. The number of hydrogen-bond donors (Lipinski definition) is 1. The van der Waals surface area contributed by atoms with E-state index >= 15 is 0 Å². The summed E-state index contributed by atoms with van der Waals surface area (Å²) in [5.41, 5.74) is 0. The number of ether oxygens (including phenoxy) is 1. The van der Waals surface area contributed by atoms with Crippen LogP contribution in [0.4, 0.5) is 0 Å². The Hall–Kier alpha value is -0.590. The number of nitriles is 1. The summed E-state index contributed by atoms with van der Waals surface area (Å²) < 4.78 is 5.31. The summed E-state index contributed by atoms with van der Waals surface area (Å²) in [7, 11) is 0. The molecule has 0 bridgehead atoms. The molecule has 13 heavy (non-hydrogen) atoms. The number of unbranched alkanes of at least 4 members (excludes halogenated alkanes) is 1. The van der Waals surface area contributed by atoms with Crippen molar-refractivity contribution < 1.29 is 4.74 Å². The zero-order chi connectivity index (χ0) is 9.52. The summed E-state index contributed by atoms with van der Waals surface area (Å²) >= 11 is 0. The molecule has 0 spiro atoms. The van der Waals surface area contributed by atoms with Crippen LogP contribution in [0.2, 0.25) is 0 Å². The third-order valence-corrected chi connectivity index (χ3v) is 2.60. The van der Waals surface area contributed by atoms with E-state index in [2.05, 4.69) is 18.3 Å². The molecule has 1 aliphatic heterocycles. The molecule has 1 rings (SSSR count). The molecule has 0 aromatic rings. The lowest BCUT2D eigenvalue weighted by Gasteiger charge is -2.18. The summed E-state index contributed by atoms with van der Waals surface area (Å²) in [4.78, 5) is 0. The fourth-order valence-corrected chi connectivity index (χ4v) is 1.61. The van der Waals surface area contributed by atoms with Crippen molar-refractivity contribution in [3.8, 4) is 6.07 Å². The third kappa shape index (κ3) is 3.75. The molecule has 0 saturated carbocycles. The van der Waals surface area contributed by atoms with Gasteiger partial charge in [0.2, 0.25) is 0 Å². The number of nitrogens with one attached hydrogen (secondary N) is 1. The quantitative estimate of drug-likeness (QED) is 0.652. The number of hydrogen-bond acceptors (Lipinski definition) is 3. The SMILES string of the molecule is CC(NCCCC#N)C1CCOC1. The lowest BCUT2D eigenvalue weighted by molar-refractivity contribution is 0.178. The monoisotopic (exact) mass is 182 g/mol. The van der Waals surface area contributed by atoms with Crippen LogP contribution in [0.3, 0.4) is 0 Å². The normalized spacial score (nSPS) is 24.2. The maximum atomic E-state index is 8.35. The van der Waals surface area contributed by atoms with Crippen molar-refractivity contribution in [1.29, 1.82) is 5.26 Å². The lowest BCUT2D eigenvalue weighted by atomic mass is 10.0. The minimum Gasteiger partial charge on any atom is -0.381 e. The van der Waals surface area contributed by atoms with Gasteiger partial charge in [0.25, 0.3) is 0 Å². The van der Waals surface area contributed by atoms with E-state index in [4.69, 9.17) is 10.00 Å². The average Bonchev–Trinajstić information content (AvgIpc) is 2.65. The van der Waals surface area contributed by atoms with Gasteiger partial charge in [-0.15, -0.1) is 0 Å². The van der Waals surface area contributed by atoms with Gasteiger partial charge in [0.15, 0.2) is 0 Å². The Balaban J connectivity index is 2.03. The molecule has 3 heteroatoms. The summed E-state index contributed by atoms with van der Waals surface area (Å²) in [5, 5.41) is 11.8. The zero-order valence-corrected chi connectivity index (χ0v) is 8.25. The van der Waals surface area contributed by atoms with Gasteiger partial charge in [-0.2, -0.15) is 5.26 Å². The molecule has 1 N–H and O–H groups in total. The molecular formula is C10H18N2O. The standard InChI is InChI=1S/C10H18N2O/c1-9(10-4-7-13-8-10)12-6-3-2-5-11/h9-10,12H,2-4,6-8H2,1H3. The van der Waals surface area contributed by atoms with E-state index in [9.17, 15) is 0 Å². The van der Waals surface area contributed by atoms with Crippen LogP contribution in [0, 0.1) is 17.2 Å². The molecular weight excluding hydrogens is 164 g/mol. The Morgan fingerprint density at radius 2 is 2.54 bits per heavy atom. The highest BCUT2D eigenvalue weighted by atomic mass is 16.5. The lowest BCUT2D eigenvalue weighted by Crippen LogP contribution is -2.34. The van der Waals surface area contributed by atoms with Crippen molar-refractivity contribution in [3.05, 3.63) is 0 Å². The third-order valence-electron chi connectivity index (χ3n) is 2.60. The van der Waals surface area contributed by atoms with Crippen LogP contribution < -0.4 is 5.32 Å². The van der Waals surface area contributed by atoms with Gasteiger partial charge in [-0.05, 0) is 32.2 Å². The van der Waals surface area contributed by atoms with Crippen molar-refractivity contribution in [3.63, 3.8) is 0 Å². The predicted molar refractivity (Wildman–Crippen MR) is 51.2 cm³/mol. The first-order valence-electron chi connectivity index (χ1n) is 5.02. The minimum absolute atomic E-state index is 0.529. The fraction of sp³-hybridized carbons (Fsp3) is 0.900. The smallest absolute Gasteiger partial charge is 0.0622 e. The van der Waals surface area contributed by atoms with Crippen LogP contribution >= 0.6 is 0 Å². The molecule has 3 nitrogen and oxygen atoms in total. The Labute approximate surface area is 80.1 Å². The van der Waals surface area contributed by atoms with Gasteiger partial charge in [-0.1, -0.05) is 0 Å². The summed E-state index contributed by atoms with van der Waals surface area (Å²) in [6, 6.07) is 2.68. The second-order valence-electron chi connectivity index (χ2n) is 3.63. The largest absolute Gasteiger partial charge is 0.381 e. The predicted octanol–water partition coefficient (Wildman–Crippen LogP) is 1.30. The maximum Gasteiger partial charge on any atom is 0.0622 e. The van der Waals surface area contributed by atoms with Crippen LogP contribution in [0.5, 0.6) is 0 Å². The molecule has 1 heterocycles. The molecule has 0 aromatic carbocycles. The van der Waals surface area contributed by atoms with Crippen LogP contribution in [0.25, 0.3) is 0 Å². The van der Waals surface area contributed by atoms with E-state index in [0.717, 1.165) is 26.2 Å². The molecule has 1 fully saturated rings. The molecule has 0 radical (unpaired) electrons. The second-order valence-corrected chi connectivity index (χ2v) is 3.63. The van der Waals surface area contributed by atoms with Crippen LogP contribution in [0.15, 0.2) is 0 Å². The molecule has 1 aliphatic rings. The van der Waals surface area contributed by atoms with E-state index in [1.54, 1.807) is 0 Å². The molecule has 2 unspecified atom stereocenters. The van der Waals surface area contributed by atoms with E-state index in [0.29, 0.717) is 18.4 Å². The highest BCUT2D eigenvalue weighted by Crippen LogP contribution is 2.16. The maximum absolute atomic E-state index is 8.35. The molecule has 0 aromatic heterocycles. The summed E-state index contributed by atoms with van der Waals surface area (Å²) in [6.45, 7) is 4.96. The van der Waals surface area contributed by atoms with Gasteiger partial charge in [0.1, 0.15) is 0 Å². The molecule has 74 valence electrons. The number of rotatable bonds is 5.